The van der Waals surface area contributed by atoms with Gasteiger partial charge in [-0.25, -0.2) is 4.79 Å². The number of carbonyl (C=O) groups is 4. The molecule has 0 aromatic heterocycles. The van der Waals surface area contributed by atoms with Crippen molar-refractivity contribution in [3.8, 4) is 0 Å². The summed E-state index contributed by atoms with van der Waals surface area (Å²) in [7, 11) is 0. The number of carbonyl (C=O) groups excluding carboxylic acids is 4. The molecule has 1 aliphatic heterocycles. The number of nitrogens with one attached hydrogen (secondary N) is 2. The van der Waals surface area contributed by atoms with Crippen molar-refractivity contribution in [1.29, 1.82) is 0 Å². The van der Waals surface area contributed by atoms with Crippen molar-refractivity contribution in [2.45, 2.75) is 86.0 Å². The Bertz CT molecular complexity index is 1460. The number of hydrogen-bond donors (Lipinski definition) is 2. The lowest BCUT2D eigenvalue weighted by Gasteiger charge is -2.29. The van der Waals surface area contributed by atoms with E-state index in [9.17, 15) is 19.2 Å². The first-order valence-corrected chi connectivity index (χ1v) is 16.2. The lowest BCUT2D eigenvalue weighted by Crippen LogP contribution is -2.51. The van der Waals surface area contributed by atoms with Crippen molar-refractivity contribution in [2.75, 3.05) is 6.54 Å². The van der Waals surface area contributed by atoms with Crippen LogP contribution in [-0.4, -0.2) is 48.5 Å². The van der Waals surface area contributed by atoms with Gasteiger partial charge in [0.05, 0.1) is 5.41 Å². The van der Waals surface area contributed by atoms with Crippen molar-refractivity contribution in [1.82, 2.24) is 10.6 Å². The molecule has 0 bridgehead atoms. The molecule has 0 spiro atoms. The molecule has 2 amide bonds. The van der Waals surface area contributed by atoms with Gasteiger partial charge >= 0.3 is 11.9 Å². The van der Waals surface area contributed by atoms with Gasteiger partial charge in [0.2, 0.25) is 11.8 Å². The number of hydrogen-bond acceptors (Lipinski definition) is 6. The Kier molecular flexibility index (Phi) is 13.2. The molecule has 8 nitrogen and oxygen atoms in total. The molecule has 3 rings (SSSR count). The Morgan fingerprint density at radius 3 is 2.43 bits per heavy atom. The quantitative estimate of drug-likeness (QED) is 0.340. The SMILES string of the molecule is Cc1cccc(/C=C/C(C)C2C/C=C/C(=O)NC(Cc3ccc(C)c(Cl)c3)C(=O)NCC(C)(C)C(=O)OC(CC(C)C)C(=O)O2)c1. The number of benzene rings is 2. The van der Waals surface area contributed by atoms with Crippen LogP contribution in [0.2, 0.25) is 5.02 Å². The van der Waals surface area contributed by atoms with E-state index < -0.39 is 47.4 Å². The minimum absolute atomic E-state index is 0.0375. The van der Waals surface area contributed by atoms with E-state index in [1.807, 2.05) is 77.1 Å². The van der Waals surface area contributed by atoms with Crippen LogP contribution in [0.4, 0.5) is 0 Å². The Hall–Kier alpha value is -3.91. The van der Waals surface area contributed by atoms with Crippen LogP contribution in [0.1, 0.15) is 69.7 Å². The van der Waals surface area contributed by atoms with Gasteiger partial charge in [0.1, 0.15) is 12.1 Å². The number of halogens is 1. The predicted molar refractivity (Wildman–Crippen MR) is 181 cm³/mol. The molecule has 4 unspecified atom stereocenters. The van der Waals surface area contributed by atoms with Crippen LogP contribution in [-0.2, 0) is 35.1 Å². The standard InChI is InChI=1S/C37H47ClN2O6/c1-23(2)18-32-35(43)45-31(26(5)15-16-27-11-8-10-24(3)19-27)12-9-13-33(41)40-30(21-28-17-14-25(4)29(38)20-28)34(42)39-22-37(6,7)36(44)46-32/h8-11,13-17,19-20,23,26,30-32H,12,18,21-22H2,1-7H3,(H,39,42)(H,40,41)/b13-9+,16-15+. The van der Waals surface area contributed by atoms with E-state index >= 15 is 0 Å². The third kappa shape index (κ3) is 11.2. The van der Waals surface area contributed by atoms with E-state index in [0.29, 0.717) is 5.02 Å². The van der Waals surface area contributed by atoms with Crippen LogP contribution in [0.3, 0.4) is 0 Å². The number of aryl methyl sites for hydroxylation is 2. The number of ether oxygens (including phenoxy) is 2. The van der Waals surface area contributed by atoms with Crippen LogP contribution < -0.4 is 10.6 Å². The highest BCUT2D eigenvalue weighted by molar-refractivity contribution is 6.31. The lowest BCUT2D eigenvalue weighted by molar-refractivity contribution is -0.178. The summed E-state index contributed by atoms with van der Waals surface area (Å²) in [6.07, 6.45) is 5.80. The largest absolute Gasteiger partial charge is 0.459 e. The highest BCUT2D eigenvalue weighted by Gasteiger charge is 2.37. The van der Waals surface area contributed by atoms with Crippen LogP contribution in [0, 0.1) is 31.1 Å². The third-order valence-electron chi connectivity index (χ3n) is 7.89. The van der Waals surface area contributed by atoms with Gasteiger partial charge < -0.3 is 20.1 Å². The van der Waals surface area contributed by atoms with E-state index in [2.05, 4.69) is 16.7 Å². The zero-order valence-corrected chi connectivity index (χ0v) is 28.6. The van der Waals surface area contributed by atoms with Crippen molar-refractivity contribution in [3.05, 3.63) is 88.0 Å². The molecule has 46 heavy (non-hydrogen) atoms. The van der Waals surface area contributed by atoms with Gasteiger partial charge in [-0.15, -0.1) is 0 Å². The molecule has 2 aromatic carbocycles. The van der Waals surface area contributed by atoms with Crippen molar-refractivity contribution >= 4 is 41.4 Å². The summed E-state index contributed by atoms with van der Waals surface area (Å²) < 4.78 is 11.8. The minimum Gasteiger partial charge on any atom is -0.459 e. The van der Waals surface area contributed by atoms with E-state index in [0.717, 1.165) is 22.3 Å². The molecule has 2 N–H and O–H groups in total. The van der Waals surface area contributed by atoms with E-state index in [4.69, 9.17) is 21.1 Å². The Morgan fingerprint density at radius 1 is 1.02 bits per heavy atom. The zero-order chi connectivity index (χ0) is 34.0. The van der Waals surface area contributed by atoms with E-state index in [-0.39, 0.29) is 37.6 Å². The first kappa shape index (κ1) is 36.6. The maximum atomic E-state index is 13.5. The van der Waals surface area contributed by atoms with Crippen LogP contribution >= 0.6 is 11.6 Å². The molecule has 1 heterocycles. The van der Waals surface area contributed by atoms with E-state index in [1.165, 1.54) is 6.08 Å². The molecular weight excluding hydrogens is 604 g/mol. The van der Waals surface area contributed by atoms with Gasteiger partial charge in [0, 0.05) is 30.3 Å². The first-order valence-electron chi connectivity index (χ1n) is 15.8. The summed E-state index contributed by atoms with van der Waals surface area (Å²) >= 11 is 6.32. The zero-order valence-electron chi connectivity index (χ0n) is 27.9. The fourth-order valence-electron chi connectivity index (χ4n) is 4.91. The molecule has 2 aromatic rings. The van der Waals surface area contributed by atoms with Crippen molar-refractivity contribution < 1.29 is 28.7 Å². The minimum atomic E-state index is -1.17. The van der Waals surface area contributed by atoms with Crippen LogP contribution in [0.15, 0.2) is 60.7 Å². The fourth-order valence-corrected chi connectivity index (χ4v) is 5.11. The van der Waals surface area contributed by atoms with Crippen LogP contribution in [0.25, 0.3) is 6.08 Å². The van der Waals surface area contributed by atoms with Gasteiger partial charge in [-0.05, 0) is 68.9 Å². The smallest absolute Gasteiger partial charge is 0.347 e. The van der Waals surface area contributed by atoms with Gasteiger partial charge in [0.15, 0.2) is 6.10 Å². The van der Waals surface area contributed by atoms with Gasteiger partial charge in [-0.3, -0.25) is 14.4 Å². The molecule has 0 saturated heterocycles. The van der Waals surface area contributed by atoms with Crippen molar-refractivity contribution in [2.24, 2.45) is 17.3 Å². The molecule has 4 atom stereocenters. The summed E-state index contributed by atoms with van der Waals surface area (Å²) in [6, 6.07) is 12.6. The molecule has 9 heteroatoms. The Morgan fingerprint density at radius 2 is 1.76 bits per heavy atom. The summed E-state index contributed by atoms with van der Waals surface area (Å²) in [5.41, 5.74) is 2.63. The van der Waals surface area contributed by atoms with Gasteiger partial charge in [0.25, 0.3) is 0 Å². The molecule has 0 saturated carbocycles. The average Bonchev–Trinajstić information content (AvgIpc) is 2.98. The molecule has 248 valence electrons. The highest BCUT2D eigenvalue weighted by atomic mass is 35.5. The second kappa shape index (κ2) is 16.6. The maximum Gasteiger partial charge on any atom is 0.347 e. The lowest BCUT2D eigenvalue weighted by atomic mass is 9.93. The summed E-state index contributed by atoms with van der Waals surface area (Å²) in [5, 5.41) is 6.13. The monoisotopic (exact) mass is 650 g/mol. The Balaban J connectivity index is 1.94. The van der Waals surface area contributed by atoms with Crippen LogP contribution in [0.5, 0.6) is 0 Å². The van der Waals surface area contributed by atoms with E-state index in [1.54, 1.807) is 26.0 Å². The number of cyclic esters (lactones) is 2. The fraction of sp³-hybridized carbons (Fsp3) is 0.459. The molecule has 0 aliphatic carbocycles. The first-order chi connectivity index (χ1) is 21.6. The highest BCUT2D eigenvalue weighted by Crippen LogP contribution is 2.24. The van der Waals surface area contributed by atoms with Crippen molar-refractivity contribution in [3.63, 3.8) is 0 Å². The molecular formula is C37H47ClN2O6. The van der Waals surface area contributed by atoms with Gasteiger partial charge in [-0.2, -0.15) is 0 Å². The third-order valence-corrected chi connectivity index (χ3v) is 8.30. The topological polar surface area (TPSA) is 111 Å². The summed E-state index contributed by atoms with van der Waals surface area (Å²) in [4.78, 5) is 53.4. The summed E-state index contributed by atoms with van der Waals surface area (Å²) in [6.45, 7) is 12.9. The normalized spacial score (nSPS) is 22.9. The second-order valence-corrected chi connectivity index (χ2v) is 13.6. The maximum absolute atomic E-state index is 13.5. The summed E-state index contributed by atoms with van der Waals surface area (Å²) in [5.74, 6) is -2.43. The number of esters is 2. The Labute approximate surface area is 278 Å². The average molecular weight is 651 g/mol. The molecule has 0 fully saturated rings. The molecule has 1 aliphatic rings. The molecule has 0 radical (unpaired) electrons. The predicted octanol–water partition coefficient (Wildman–Crippen LogP) is 6.31. The number of amides is 2. The van der Waals surface area contributed by atoms with Gasteiger partial charge in [-0.1, -0.05) is 92.6 Å². The second-order valence-electron chi connectivity index (χ2n) is 13.2. The number of rotatable bonds is 7.